The van der Waals surface area contributed by atoms with Gasteiger partial charge in [-0.3, -0.25) is 9.98 Å². The van der Waals surface area contributed by atoms with E-state index in [4.69, 9.17) is 0 Å². The molecule has 14 heavy (non-hydrogen) atoms. The minimum Gasteiger partial charge on any atom is -0.285 e. The lowest BCUT2D eigenvalue weighted by molar-refractivity contribution is 0.378. The molecule has 0 spiro atoms. The van der Waals surface area contributed by atoms with Crippen molar-refractivity contribution in [3.63, 3.8) is 0 Å². The van der Waals surface area contributed by atoms with Crippen LogP contribution in [0.4, 0.5) is 0 Å². The Morgan fingerprint density at radius 2 is 2.07 bits per heavy atom. The van der Waals surface area contributed by atoms with Crippen LogP contribution in [0.5, 0.6) is 0 Å². The van der Waals surface area contributed by atoms with Gasteiger partial charge in [0.05, 0.1) is 11.2 Å². The standard InChI is InChI=1S/C12H18N2/c1-10(2)12(3,4)14-9-11-7-5-6-8-13-11/h5-10H,1-4H3/b14-9+. The van der Waals surface area contributed by atoms with Gasteiger partial charge in [0.2, 0.25) is 0 Å². The Bertz CT molecular complexity index is 299. The lowest BCUT2D eigenvalue weighted by Gasteiger charge is -2.23. The monoisotopic (exact) mass is 190 g/mol. The largest absolute Gasteiger partial charge is 0.285 e. The van der Waals surface area contributed by atoms with Crippen LogP contribution in [0, 0.1) is 5.92 Å². The fourth-order valence-electron chi connectivity index (χ4n) is 0.834. The van der Waals surface area contributed by atoms with Crippen LogP contribution >= 0.6 is 0 Å². The predicted molar refractivity (Wildman–Crippen MR) is 60.7 cm³/mol. The van der Waals surface area contributed by atoms with Gasteiger partial charge < -0.3 is 0 Å². The molecule has 1 aromatic rings. The van der Waals surface area contributed by atoms with Gasteiger partial charge in [0.15, 0.2) is 0 Å². The molecule has 0 saturated carbocycles. The van der Waals surface area contributed by atoms with Crippen molar-refractivity contribution in [1.29, 1.82) is 0 Å². The van der Waals surface area contributed by atoms with E-state index in [1.807, 2.05) is 24.4 Å². The molecule has 1 rings (SSSR count). The van der Waals surface area contributed by atoms with Crippen LogP contribution in [0.1, 0.15) is 33.4 Å². The van der Waals surface area contributed by atoms with Crippen LogP contribution in [0.3, 0.4) is 0 Å². The summed E-state index contributed by atoms with van der Waals surface area (Å²) in [5, 5.41) is 0. The summed E-state index contributed by atoms with van der Waals surface area (Å²) in [6.45, 7) is 8.62. The van der Waals surface area contributed by atoms with Gasteiger partial charge in [0, 0.05) is 12.4 Å². The Morgan fingerprint density at radius 1 is 1.36 bits per heavy atom. The van der Waals surface area contributed by atoms with E-state index in [9.17, 15) is 0 Å². The van der Waals surface area contributed by atoms with E-state index in [0.29, 0.717) is 5.92 Å². The molecule has 2 heteroatoms. The Balaban J connectivity index is 2.74. The fraction of sp³-hybridized carbons (Fsp3) is 0.500. The zero-order chi connectivity index (χ0) is 10.6. The third-order valence-electron chi connectivity index (χ3n) is 2.63. The summed E-state index contributed by atoms with van der Waals surface area (Å²) in [5.41, 5.74) is 0.901. The van der Waals surface area contributed by atoms with Gasteiger partial charge in [0.1, 0.15) is 0 Å². The fourth-order valence-corrected chi connectivity index (χ4v) is 0.834. The van der Waals surface area contributed by atoms with Gasteiger partial charge in [0.25, 0.3) is 0 Å². The summed E-state index contributed by atoms with van der Waals surface area (Å²) in [6, 6.07) is 5.83. The zero-order valence-corrected chi connectivity index (χ0v) is 9.36. The van der Waals surface area contributed by atoms with Crippen LogP contribution < -0.4 is 0 Å². The molecule has 0 saturated heterocycles. The summed E-state index contributed by atoms with van der Waals surface area (Å²) in [6.07, 6.45) is 3.63. The summed E-state index contributed by atoms with van der Waals surface area (Å²) >= 11 is 0. The topological polar surface area (TPSA) is 25.2 Å². The minimum atomic E-state index is -0.0163. The van der Waals surface area contributed by atoms with E-state index in [1.54, 1.807) is 6.20 Å². The van der Waals surface area contributed by atoms with Crippen LogP contribution in [0.15, 0.2) is 29.4 Å². The minimum absolute atomic E-state index is 0.0163. The van der Waals surface area contributed by atoms with Gasteiger partial charge in [-0.2, -0.15) is 0 Å². The summed E-state index contributed by atoms with van der Waals surface area (Å²) in [7, 11) is 0. The molecule has 0 fully saturated rings. The molecule has 2 nitrogen and oxygen atoms in total. The first-order valence-corrected chi connectivity index (χ1v) is 4.98. The lowest BCUT2D eigenvalue weighted by atomic mass is 9.92. The maximum absolute atomic E-state index is 4.54. The lowest BCUT2D eigenvalue weighted by Crippen LogP contribution is -2.24. The van der Waals surface area contributed by atoms with E-state index in [0.717, 1.165) is 5.69 Å². The third-order valence-corrected chi connectivity index (χ3v) is 2.63. The SMILES string of the molecule is CC(C)C(C)(C)/N=C/c1ccccn1. The summed E-state index contributed by atoms with van der Waals surface area (Å²) in [4.78, 5) is 8.73. The normalized spacial score (nSPS) is 12.6. The molecule has 0 aliphatic carbocycles. The van der Waals surface area contributed by atoms with E-state index in [1.165, 1.54) is 0 Å². The van der Waals surface area contributed by atoms with Crippen molar-refractivity contribution in [2.75, 3.05) is 0 Å². The van der Waals surface area contributed by atoms with Crippen LogP contribution in [0.25, 0.3) is 0 Å². The molecule has 0 atom stereocenters. The molecule has 0 radical (unpaired) electrons. The second-order valence-corrected chi connectivity index (χ2v) is 4.32. The quantitative estimate of drug-likeness (QED) is 0.673. The van der Waals surface area contributed by atoms with E-state index in [2.05, 4.69) is 37.7 Å². The van der Waals surface area contributed by atoms with E-state index < -0.39 is 0 Å². The molecule has 1 aromatic heterocycles. The molecular formula is C12H18N2. The molecule has 0 aromatic carbocycles. The average molecular weight is 190 g/mol. The second kappa shape index (κ2) is 4.36. The molecule has 0 N–H and O–H groups in total. The highest BCUT2D eigenvalue weighted by Crippen LogP contribution is 2.19. The van der Waals surface area contributed by atoms with Crippen LogP contribution in [0.2, 0.25) is 0 Å². The first-order chi connectivity index (χ1) is 6.52. The number of hydrogen-bond donors (Lipinski definition) is 0. The van der Waals surface area contributed by atoms with Gasteiger partial charge in [-0.15, -0.1) is 0 Å². The second-order valence-electron chi connectivity index (χ2n) is 4.32. The molecule has 0 aliphatic heterocycles. The Hall–Kier alpha value is -1.18. The van der Waals surface area contributed by atoms with Crippen LogP contribution in [-0.2, 0) is 0 Å². The maximum atomic E-state index is 4.54. The highest BCUT2D eigenvalue weighted by Gasteiger charge is 2.19. The smallest absolute Gasteiger partial charge is 0.0808 e. The van der Waals surface area contributed by atoms with Crippen LogP contribution in [-0.4, -0.2) is 16.7 Å². The number of aliphatic imine (C=N–C) groups is 1. The number of nitrogens with zero attached hydrogens (tertiary/aromatic N) is 2. The van der Waals surface area contributed by atoms with Crippen molar-refractivity contribution in [3.8, 4) is 0 Å². The molecular weight excluding hydrogens is 172 g/mol. The van der Waals surface area contributed by atoms with Crippen molar-refractivity contribution in [2.24, 2.45) is 10.9 Å². The molecule has 1 heterocycles. The molecule has 0 aliphatic rings. The van der Waals surface area contributed by atoms with E-state index >= 15 is 0 Å². The van der Waals surface area contributed by atoms with Gasteiger partial charge in [-0.1, -0.05) is 19.9 Å². The third kappa shape index (κ3) is 2.95. The average Bonchev–Trinajstić information content (AvgIpc) is 2.16. The van der Waals surface area contributed by atoms with Crippen molar-refractivity contribution >= 4 is 6.21 Å². The Kier molecular flexibility index (Phi) is 3.39. The van der Waals surface area contributed by atoms with Crippen molar-refractivity contribution < 1.29 is 0 Å². The maximum Gasteiger partial charge on any atom is 0.0808 e. The number of hydrogen-bond acceptors (Lipinski definition) is 2. The van der Waals surface area contributed by atoms with E-state index in [-0.39, 0.29) is 5.54 Å². The molecule has 0 amide bonds. The van der Waals surface area contributed by atoms with Crippen molar-refractivity contribution in [1.82, 2.24) is 4.98 Å². The first-order valence-electron chi connectivity index (χ1n) is 4.98. The molecule has 0 bridgehead atoms. The zero-order valence-electron chi connectivity index (χ0n) is 9.36. The molecule has 76 valence electrons. The van der Waals surface area contributed by atoms with Gasteiger partial charge >= 0.3 is 0 Å². The highest BCUT2D eigenvalue weighted by molar-refractivity contribution is 5.77. The van der Waals surface area contributed by atoms with Crippen molar-refractivity contribution in [3.05, 3.63) is 30.1 Å². The number of rotatable bonds is 3. The summed E-state index contributed by atoms with van der Waals surface area (Å²) < 4.78 is 0. The number of aromatic nitrogens is 1. The Morgan fingerprint density at radius 3 is 2.57 bits per heavy atom. The summed E-state index contributed by atoms with van der Waals surface area (Å²) in [5.74, 6) is 0.530. The van der Waals surface area contributed by atoms with Gasteiger partial charge in [-0.25, -0.2) is 0 Å². The first kappa shape index (κ1) is 10.9. The predicted octanol–water partition coefficient (Wildman–Crippen LogP) is 2.94. The Labute approximate surface area is 86.1 Å². The van der Waals surface area contributed by atoms with Gasteiger partial charge in [-0.05, 0) is 31.9 Å². The van der Waals surface area contributed by atoms with Crippen molar-refractivity contribution in [2.45, 2.75) is 33.2 Å². The number of pyridine rings is 1. The molecule has 0 unspecified atom stereocenters. The highest BCUT2D eigenvalue weighted by atomic mass is 14.8.